The second-order valence-electron chi connectivity index (χ2n) is 5.34. The van der Waals surface area contributed by atoms with E-state index in [-0.39, 0.29) is 11.2 Å². The average Bonchev–Trinajstić information content (AvgIpc) is 3.10. The quantitative estimate of drug-likeness (QED) is 0.544. The molecule has 3 rings (SSSR count). The Hall–Kier alpha value is -2.36. The number of ether oxygens (including phenoxy) is 1. The molecule has 0 saturated heterocycles. The minimum Gasteiger partial charge on any atom is -0.497 e. The van der Waals surface area contributed by atoms with Gasteiger partial charge in [0.1, 0.15) is 11.6 Å². The normalized spacial score (nSPS) is 11.7. The highest BCUT2D eigenvalue weighted by Crippen LogP contribution is 2.31. The van der Waals surface area contributed by atoms with Crippen molar-refractivity contribution in [2.45, 2.75) is 16.5 Å². The molecular formula is C17H16ClN5O2S2. The second kappa shape index (κ2) is 9.03. The van der Waals surface area contributed by atoms with Gasteiger partial charge in [-0.1, -0.05) is 40.8 Å². The van der Waals surface area contributed by atoms with Crippen molar-refractivity contribution in [2.75, 3.05) is 17.7 Å². The molecule has 7 nitrogen and oxygen atoms in total. The molecule has 0 unspecified atom stereocenters. The van der Waals surface area contributed by atoms with Gasteiger partial charge in [-0.2, -0.15) is 0 Å². The molecule has 0 aliphatic carbocycles. The number of thioether (sulfide) groups is 1. The van der Waals surface area contributed by atoms with Crippen molar-refractivity contribution in [1.29, 1.82) is 0 Å². The number of benzene rings is 1. The van der Waals surface area contributed by atoms with Crippen LogP contribution in [-0.4, -0.2) is 33.4 Å². The molecule has 0 fully saturated rings. The van der Waals surface area contributed by atoms with Crippen molar-refractivity contribution in [3.63, 3.8) is 0 Å². The molecule has 2 heterocycles. The highest BCUT2D eigenvalue weighted by molar-refractivity contribution is 8.02. The molecular weight excluding hydrogens is 406 g/mol. The topological polar surface area (TPSA) is 89.0 Å². The number of carbonyl (C=O) groups is 1. The molecule has 10 heteroatoms. The summed E-state index contributed by atoms with van der Waals surface area (Å²) >= 11 is 8.49. The fraction of sp³-hybridized carbons (Fsp3) is 0.176. The van der Waals surface area contributed by atoms with Crippen LogP contribution in [0.2, 0.25) is 5.02 Å². The zero-order valence-corrected chi connectivity index (χ0v) is 16.9. The van der Waals surface area contributed by atoms with E-state index in [1.54, 1.807) is 26.2 Å². The van der Waals surface area contributed by atoms with Gasteiger partial charge in [-0.05, 0) is 31.2 Å². The van der Waals surface area contributed by atoms with Crippen molar-refractivity contribution in [2.24, 2.45) is 0 Å². The van der Waals surface area contributed by atoms with E-state index in [2.05, 4.69) is 25.8 Å². The maximum Gasteiger partial charge on any atom is 0.238 e. The molecule has 2 N–H and O–H groups in total. The van der Waals surface area contributed by atoms with Crippen molar-refractivity contribution < 1.29 is 9.53 Å². The molecule has 3 aromatic rings. The van der Waals surface area contributed by atoms with Crippen LogP contribution < -0.4 is 15.4 Å². The first kappa shape index (κ1) is 19.4. The molecule has 1 atom stereocenters. The zero-order valence-electron chi connectivity index (χ0n) is 14.5. The molecule has 1 amide bonds. The third-order valence-electron chi connectivity index (χ3n) is 3.35. The number of pyridine rings is 1. The third kappa shape index (κ3) is 5.56. The number of hydrogen-bond acceptors (Lipinski definition) is 8. The van der Waals surface area contributed by atoms with Gasteiger partial charge in [-0.15, -0.1) is 10.2 Å². The van der Waals surface area contributed by atoms with Crippen molar-refractivity contribution in [1.82, 2.24) is 15.2 Å². The summed E-state index contributed by atoms with van der Waals surface area (Å²) in [7, 11) is 1.62. The van der Waals surface area contributed by atoms with Gasteiger partial charge in [-0.25, -0.2) is 4.98 Å². The number of aromatic nitrogens is 3. The highest BCUT2D eigenvalue weighted by atomic mass is 35.5. The van der Waals surface area contributed by atoms with Gasteiger partial charge in [0.25, 0.3) is 0 Å². The summed E-state index contributed by atoms with van der Waals surface area (Å²) in [6, 6.07) is 10.8. The first-order valence-corrected chi connectivity index (χ1v) is 9.94. The van der Waals surface area contributed by atoms with Gasteiger partial charge >= 0.3 is 0 Å². The van der Waals surface area contributed by atoms with E-state index in [1.807, 2.05) is 24.3 Å². The minimum atomic E-state index is -0.361. The Labute approximate surface area is 169 Å². The number of carbonyl (C=O) groups excluding carboxylic acids is 1. The lowest BCUT2D eigenvalue weighted by Gasteiger charge is -2.09. The van der Waals surface area contributed by atoms with E-state index in [9.17, 15) is 4.79 Å². The van der Waals surface area contributed by atoms with Crippen LogP contribution in [0, 0.1) is 0 Å². The summed E-state index contributed by atoms with van der Waals surface area (Å²) in [6.45, 7) is 1.80. The number of nitrogens with zero attached hydrogens (tertiary/aromatic N) is 3. The van der Waals surface area contributed by atoms with Gasteiger partial charge in [-0.3, -0.25) is 4.79 Å². The van der Waals surface area contributed by atoms with Crippen LogP contribution in [0.5, 0.6) is 5.75 Å². The molecule has 27 heavy (non-hydrogen) atoms. The first-order valence-electron chi connectivity index (χ1n) is 7.87. The Balaban J connectivity index is 1.57. The average molecular weight is 422 g/mol. The largest absolute Gasteiger partial charge is 0.497 e. The summed E-state index contributed by atoms with van der Waals surface area (Å²) in [4.78, 5) is 16.3. The lowest BCUT2D eigenvalue weighted by molar-refractivity contribution is -0.115. The maximum atomic E-state index is 12.3. The van der Waals surface area contributed by atoms with Gasteiger partial charge in [0.2, 0.25) is 11.0 Å². The van der Waals surface area contributed by atoms with Gasteiger partial charge in [0.05, 0.1) is 17.4 Å². The van der Waals surface area contributed by atoms with Crippen LogP contribution in [0.15, 0.2) is 46.9 Å². The Morgan fingerprint density at radius 1 is 1.30 bits per heavy atom. The van der Waals surface area contributed by atoms with E-state index in [4.69, 9.17) is 16.3 Å². The third-order valence-corrected chi connectivity index (χ3v) is 5.60. The number of halogens is 1. The molecule has 0 aliphatic rings. The number of rotatable bonds is 7. The van der Waals surface area contributed by atoms with Crippen molar-refractivity contribution in [3.05, 3.63) is 47.6 Å². The smallest absolute Gasteiger partial charge is 0.238 e. The number of amides is 1. The SMILES string of the molecule is COc1cccc(Nc2nnc(S[C@@H](C)C(=O)Nc3ccc(Cl)cn3)s2)c1. The van der Waals surface area contributed by atoms with Crippen LogP contribution in [0.3, 0.4) is 0 Å². The molecule has 0 spiro atoms. The van der Waals surface area contributed by atoms with Crippen LogP contribution >= 0.6 is 34.7 Å². The lowest BCUT2D eigenvalue weighted by Crippen LogP contribution is -2.22. The van der Waals surface area contributed by atoms with Crippen LogP contribution in [0.1, 0.15) is 6.92 Å². The minimum absolute atomic E-state index is 0.174. The van der Waals surface area contributed by atoms with Crippen molar-refractivity contribution in [3.8, 4) is 5.75 Å². The fourth-order valence-corrected chi connectivity index (χ4v) is 4.04. The molecule has 0 bridgehead atoms. The molecule has 0 radical (unpaired) electrons. The number of methoxy groups -OCH3 is 1. The molecule has 0 aliphatic heterocycles. The molecule has 2 aromatic heterocycles. The first-order chi connectivity index (χ1) is 13.0. The van der Waals surface area contributed by atoms with Gasteiger partial charge in [0.15, 0.2) is 4.34 Å². The van der Waals surface area contributed by atoms with Crippen LogP contribution in [0.25, 0.3) is 0 Å². The Bertz CT molecular complexity index is 920. The Morgan fingerprint density at radius 2 is 2.15 bits per heavy atom. The Kier molecular flexibility index (Phi) is 6.49. The summed E-state index contributed by atoms with van der Waals surface area (Å²) in [6.07, 6.45) is 1.48. The van der Waals surface area contributed by atoms with Gasteiger partial charge < -0.3 is 15.4 Å². The lowest BCUT2D eigenvalue weighted by atomic mass is 10.3. The zero-order chi connectivity index (χ0) is 19.2. The van der Waals surface area contributed by atoms with Crippen molar-refractivity contribution >= 4 is 57.2 Å². The molecule has 1 aromatic carbocycles. The second-order valence-corrected chi connectivity index (χ2v) is 8.34. The maximum absolute atomic E-state index is 12.3. The summed E-state index contributed by atoms with van der Waals surface area (Å²) in [5, 5.41) is 14.9. The molecule has 0 saturated carbocycles. The van der Waals surface area contributed by atoms with E-state index < -0.39 is 0 Å². The van der Waals surface area contributed by atoms with E-state index in [0.29, 0.717) is 20.3 Å². The number of hydrogen-bond donors (Lipinski definition) is 2. The fourth-order valence-electron chi connectivity index (χ4n) is 2.01. The van der Waals surface area contributed by atoms with E-state index >= 15 is 0 Å². The number of nitrogens with one attached hydrogen (secondary N) is 2. The summed E-state index contributed by atoms with van der Waals surface area (Å²) in [5.74, 6) is 1.03. The number of anilines is 3. The predicted octanol–water partition coefficient (Wildman–Crippen LogP) is 4.46. The summed E-state index contributed by atoms with van der Waals surface area (Å²) in [5.41, 5.74) is 0.849. The molecule has 140 valence electrons. The summed E-state index contributed by atoms with van der Waals surface area (Å²) < 4.78 is 5.89. The predicted molar refractivity (Wildman–Crippen MR) is 109 cm³/mol. The highest BCUT2D eigenvalue weighted by Gasteiger charge is 2.18. The van der Waals surface area contributed by atoms with Crippen LogP contribution in [0.4, 0.5) is 16.6 Å². The monoisotopic (exact) mass is 421 g/mol. The Morgan fingerprint density at radius 3 is 2.89 bits per heavy atom. The van der Waals surface area contributed by atoms with Gasteiger partial charge in [0, 0.05) is 18.0 Å². The standard InChI is InChI=1S/C17H16ClN5O2S2/c1-10(15(24)21-14-7-6-11(18)9-19-14)26-17-23-22-16(27-17)20-12-4-3-5-13(8-12)25-2/h3-10H,1-2H3,(H,20,22)(H,19,21,24)/t10-/m0/s1. The van der Waals surface area contributed by atoms with Crippen LogP contribution in [-0.2, 0) is 4.79 Å². The van der Waals surface area contributed by atoms with E-state index in [0.717, 1.165) is 11.4 Å². The van der Waals surface area contributed by atoms with E-state index in [1.165, 1.54) is 29.3 Å².